The van der Waals surface area contributed by atoms with Crippen LogP contribution in [0, 0.1) is 0 Å². The highest BCUT2D eigenvalue weighted by Gasteiger charge is 1.86. The second kappa shape index (κ2) is 14.2. The molecule has 0 aliphatic carbocycles. The molecule has 0 saturated carbocycles. The van der Waals surface area contributed by atoms with E-state index in [1.54, 1.807) is 0 Å². The molecule has 0 amide bonds. The first-order valence-corrected chi connectivity index (χ1v) is 8.22. The van der Waals surface area contributed by atoms with E-state index in [2.05, 4.69) is 84.7 Å². The highest BCUT2D eigenvalue weighted by molar-refractivity contribution is 9.09. The maximum atomic E-state index is 3.38. The van der Waals surface area contributed by atoms with Crippen LogP contribution in [0.25, 0.3) is 0 Å². The van der Waals surface area contributed by atoms with Crippen LogP contribution in [0.2, 0.25) is 0 Å². The van der Waals surface area contributed by atoms with Crippen molar-refractivity contribution in [1.29, 1.82) is 0 Å². The molecular weight excluding hydrogens is 340 g/mol. The molecule has 0 aromatic rings. The van der Waals surface area contributed by atoms with Crippen molar-refractivity contribution in [3.63, 3.8) is 0 Å². The largest absolute Gasteiger partial charge is 0.0883 e. The van der Waals surface area contributed by atoms with Crippen LogP contribution in [0.1, 0.15) is 47.5 Å². The van der Waals surface area contributed by atoms with E-state index in [9.17, 15) is 0 Å². The second-order valence-corrected chi connectivity index (χ2v) is 5.76. The molecule has 0 unspecified atom stereocenters. The molecule has 0 heterocycles. The first-order chi connectivity index (χ1) is 7.93. The second-order valence-electron chi connectivity index (χ2n) is 4.46. The predicted octanol–water partition coefficient (Wildman–Crippen LogP) is 6.42. The maximum Gasteiger partial charge on any atom is 0.0214 e. The Balaban J connectivity index is 0. The standard InChI is InChI=1S/C10H17Br.C5H9Br/c1-9(2)5-4-6-10(3)7-8-11;1-5(2)3-4-6/h5,7H,4,6,8H2,1-3H3;3H,4H2,1-2H3/b10-7+;. The van der Waals surface area contributed by atoms with Crippen molar-refractivity contribution in [3.05, 3.63) is 34.9 Å². The van der Waals surface area contributed by atoms with Crippen LogP contribution < -0.4 is 0 Å². The summed E-state index contributed by atoms with van der Waals surface area (Å²) in [5.41, 5.74) is 4.25. The van der Waals surface area contributed by atoms with Crippen molar-refractivity contribution in [3.8, 4) is 0 Å². The summed E-state index contributed by atoms with van der Waals surface area (Å²) in [6, 6.07) is 0. The van der Waals surface area contributed by atoms with E-state index in [0.29, 0.717) is 0 Å². The maximum absolute atomic E-state index is 3.38. The Bertz CT molecular complexity index is 252. The molecule has 0 atom stereocenters. The fourth-order valence-electron chi connectivity index (χ4n) is 0.977. The van der Waals surface area contributed by atoms with Gasteiger partial charge in [0.15, 0.2) is 0 Å². The molecule has 0 aromatic carbocycles. The Hall–Kier alpha value is 0.180. The average molecular weight is 366 g/mol. The molecule has 0 fully saturated rings. The number of rotatable bonds is 5. The molecule has 0 bridgehead atoms. The fraction of sp³-hybridized carbons (Fsp3) is 0.600. The van der Waals surface area contributed by atoms with Crippen molar-refractivity contribution in [2.75, 3.05) is 10.7 Å². The molecule has 0 N–H and O–H groups in total. The summed E-state index contributed by atoms with van der Waals surface area (Å²) in [6.07, 6.45) is 9.00. The minimum absolute atomic E-state index is 0.980. The van der Waals surface area contributed by atoms with E-state index in [1.807, 2.05) is 0 Å². The summed E-state index contributed by atoms with van der Waals surface area (Å²) in [5, 5.41) is 1.96. The third-order valence-corrected chi connectivity index (χ3v) is 2.65. The van der Waals surface area contributed by atoms with Gasteiger partial charge in [0.25, 0.3) is 0 Å². The highest BCUT2D eigenvalue weighted by Crippen LogP contribution is 2.06. The van der Waals surface area contributed by atoms with Gasteiger partial charge in [-0.05, 0) is 47.5 Å². The molecule has 0 rings (SSSR count). The van der Waals surface area contributed by atoms with E-state index >= 15 is 0 Å². The van der Waals surface area contributed by atoms with Crippen LogP contribution in [0.15, 0.2) is 34.9 Å². The third-order valence-electron chi connectivity index (χ3n) is 2.00. The Kier molecular flexibility index (Phi) is 16.4. The number of alkyl halides is 2. The van der Waals surface area contributed by atoms with Crippen LogP contribution in [0.4, 0.5) is 0 Å². The highest BCUT2D eigenvalue weighted by atomic mass is 79.9. The molecule has 17 heavy (non-hydrogen) atoms. The van der Waals surface area contributed by atoms with Gasteiger partial charge in [0.2, 0.25) is 0 Å². The van der Waals surface area contributed by atoms with Crippen molar-refractivity contribution >= 4 is 31.9 Å². The van der Waals surface area contributed by atoms with Gasteiger partial charge in [0, 0.05) is 10.7 Å². The molecule has 0 aliphatic rings. The van der Waals surface area contributed by atoms with Crippen LogP contribution in [-0.4, -0.2) is 10.7 Å². The van der Waals surface area contributed by atoms with Crippen LogP contribution >= 0.6 is 31.9 Å². The van der Waals surface area contributed by atoms with Crippen LogP contribution in [0.3, 0.4) is 0 Å². The van der Waals surface area contributed by atoms with Crippen LogP contribution in [-0.2, 0) is 0 Å². The lowest BCUT2D eigenvalue weighted by atomic mass is 10.1. The van der Waals surface area contributed by atoms with Crippen molar-refractivity contribution < 1.29 is 0 Å². The fourth-order valence-corrected chi connectivity index (χ4v) is 2.18. The third kappa shape index (κ3) is 21.9. The van der Waals surface area contributed by atoms with E-state index < -0.39 is 0 Å². The summed E-state index contributed by atoms with van der Waals surface area (Å²) in [5.74, 6) is 0. The summed E-state index contributed by atoms with van der Waals surface area (Å²) in [7, 11) is 0. The van der Waals surface area contributed by atoms with E-state index in [1.165, 1.54) is 29.6 Å². The summed E-state index contributed by atoms with van der Waals surface area (Å²) in [6.45, 7) is 10.6. The Morgan fingerprint density at radius 3 is 1.53 bits per heavy atom. The topological polar surface area (TPSA) is 0 Å². The van der Waals surface area contributed by atoms with Gasteiger partial charge in [-0.1, -0.05) is 66.8 Å². The number of hydrogen-bond donors (Lipinski definition) is 0. The molecule has 0 aromatic heterocycles. The first kappa shape index (κ1) is 19.5. The number of allylic oxidation sites excluding steroid dienone is 6. The van der Waals surface area contributed by atoms with E-state index in [0.717, 1.165) is 10.7 Å². The molecule has 100 valence electrons. The van der Waals surface area contributed by atoms with Gasteiger partial charge in [0.05, 0.1) is 0 Å². The smallest absolute Gasteiger partial charge is 0.0214 e. The lowest BCUT2D eigenvalue weighted by molar-refractivity contribution is 0.964. The van der Waals surface area contributed by atoms with E-state index in [-0.39, 0.29) is 0 Å². The molecular formula is C15H26Br2. The molecule has 2 heteroatoms. The summed E-state index contributed by atoms with van der Waals surface area (Å²) in [4.78, 5) is 0. The van der Waals surface area contributed by atoms with Gasteiger partial charge >= 0.3 is 0 Å². The minimum atomic E-state index is 0.980. The average Bonchev–Trinajstić information content (AvgIpc) is 2.18. The zero-order valence-corrected chi connectivity index (χ0v) is 15.0. The lowest BCUT2D eigenvalue weighted by Crippen LogP contribution is -1.77. The molecule has 0 nitrogen and oxygen atoms in total. The van der Waals surface area contributed by atoms with Gasteiger partial charge in [-0.15, -0.1) is 0 Å². The molecule has 0 saturated heterocycles. The van der Waals surface area contributed by atoms with Crippen molar-refractivity contribution in [2.45, 2.75) is 47.5 Å². The minimum Gasteiger partial charge on any atom is -0.0883 e. The van der Waals surface area contributed by atoms with Crippen molar-refractivity contribution in [1.82, 2.24) is 0 Å². The van der Waals surface area contributed by atoms with Gasteiger partial charge in [0.1, 0.15) is 0 Å². The Morgan fingerprint density at radius 2 is 1.24 bits per heavy atom. The Morgan fingerprint density at radius 1 is 0.765 bits per heavy atom. The van der Waals surface area contributed by atoms with E-state index in [4.69, 9.17) is 0 Å². The normalized spacial score (nSPS) is 10.2. The zero-order chi connectivity index (χ0) is 13.7. The monoisotopic (exact) mass is 364 g/mol. The zero-order valence-electron chi connectivity index (χ0n) is 11.8. The Labute approximate surface area is 125 Å². The SMILES string of the molecule is CC(C)=CCBr.CC(C)=CCC/C(C)=C/CBr. The predicted molar refractivity (Wildman–Crippen MR) is 89.4 cm³/mol. The van der Waals surface area contributed by atoms with Crippen molar-refractivity contribution in [2.24, 2.45) is 0 Å². The quantitative estimate of drug-likeness (QED) is 0.389. The van der Waals surface area contributed by atoms with Crippen LogP contribution in [0.5, 0.6) is 0 Å². The van der Waals surface area contributed by atoms with Gasteiger partial charge in [-0.25, -0.2) is 0 Å². The van der Waals surface area contributed by atoms with Gasteiger partial charge in [-0.2, -0.15) is 0 Å². The number of halogens is 2. The van der Waals surface area contributed by atoms with Gasteiger partial charge < -0.3 is 0 Å². The molecule has 0 radical (unpaired) electrons. The number of hydrogen-bond acceptors (Lipinski definition) is 0. The lowest BCUT2D eigenvalue weighted by Gasteiger charge is -1.96. The molecule has 0 aliphatic heterocycles. The summed E-state index contributed by atoms with van der Waals surface area (Å²) < 4.78 is 0. The summed E-state index contributed by atoms with van der Waals surface area (Å²) >= 11 is 6.65. The first-order valence-electron chi connectivity index (χ1n) is 5.98. The van der Waals surface area contributed by atoms with Gasteiger partial charge in [-0.3, -0.25) is 0 Å². The molecule has 0 spiro atoms.